The van der Waals surface area contributed by atoms with Gasteiger partial charge in [-0.25, -0.2) is 0 Å². The van der Waals surface area contributed by atoms with Crippen LogP contribution in [0.5, 0.6) is 0 Å². The molecular weight excluding hydrogens is 308 g/mol. The molecule has 0 bridgehead atoms. The van der Waals surface area contributed by atoms with Crippen LogP contribution < -0.4 is 10.6 Å². The van der Waals surface area contributed by atoms with Crippen molar-refractivity contribution < 1.29 is 9.59 Å². The molecule has 0 atom stereocenters. The number of amides is 2. The van der Waals surface area contributed by atoms with E-state index in [2.05, 4.69) is 33.0 Å². The molecule has 128 valence electrons. The van der Waals surface area contributed by atoms with Gasteiger partial charge in [-0.15, -0.1) is 10.2 Å². The Kier molecular flexibility index (Phi) is 6.00. The van der Waals surface area contributed by atoms with Gasteiger partial charge in [0.15, 0.2) is 0 Å². The summed E-state index contributed by atoms with van der Waals surface area (Å²) in [5, 5.41) is 17.2. The van der Waals surface area contributed by atoms with Crippen LogP contribution in [-0.4, -0.2) is 44.6 Å². The van der Waals surface area contributed by atoms with Gasteiger partial charge in [0.05, 0.1) is 6.54 Å². The minimum absolute atomic E-state index is 0.0352. The summed E-state index contributed by atoms with van der Waals surface area (Å²) >= 11 is 0. The van der Waals surface area contributed by atoms with Gasteiger partial charge in [-0.05, 0) is 31.0 Å². The fourth-order valence-electron chi connectivity index (χ4n) is 2.05. The average Bonchev–Trinajstić information content (AvgIpc) is 3.01. The first-order chi connectivity index (χ1) is 11.5. The van der Waals surface area contributed by atoms with E-state index in [1.54, 1.807) is 0 Å². The molecule has 0 aliphatic carbocycles. The predicted octanol–water partition coefficient (Wildman–Crippen LogP) is 0.543. The zero-order valence-electron chi connectivity index (χ0n) is 14.1. The first-order valence-corrected chi connectivity index (χ1v) is 7.91. The molecule has 0 aliphatic rings. The molecule has 2 aromatic rings. The lowest BCUT2D eigenvalue weighted by Gasteiger charge is -2.08. The summed E-state index contributed by atoms with van der Waals surface area (Å²) in [6.07, 6.45) is 0.963. The molecule has 1 heterocycles. The van der Waals surface area contributed by atoms with Crippen molar-refractivity contribution in [3.8, 4) is 11.4 Å². The maximum Gasteiger partial charge on any atom is 0.244 e. The van der Waals surface area contributed by atoms with E-state index in [9.17, 15) is 9.59 Å². The predicted molar refractivity (Wildman–Crippen MR) is 88.9 cm³/mol. The number of hydrogen-bond acceptors (Lipinski definition) is 5. The lowest BCUT2D eigenvalue weighted by molar-refractivity contribution is -0.126. The zero-order chi connectivity index (χ0) is 17.5. The van der Waals surface area contributed by atoms with Crippen molar-refractivity contribution in [2.75, 3.05) is 6.54 Å². The Bertz CT molecular complexity index is 693. The normalized spacial score (nSPS) is 10.7. The minimum Gasteiger partial charge on any atom is -0.352 e. The summed E-state index contributed by atoms with van der Waals surface area (Å²) in [7, 11) is 0. The van der Waals surface area contributed by atoms with Gasteiger partial charge in [0, 0.05) is 11.6 Å². The monoisotopic (exact) mass is 330 g/mol. The van der Waals surface area contributed by atoms with Gasteiger partial charge in [0.25, 0.3) is 0 Å². The SMILES string of the molecule is CCc1ccc(-c2nnn(CC(=O)NCC(=O)NC(C)C)n2)cc1. The minimum atomic E-state index is -0.348. The molecule has 2 amide bonds. The van der Waals surface area contributed by atoms with Gasteiger partial charge in [-0.2, -0.15) is 4.80 Å². The van der Waals surface area contributed by atoms with Gasteiger partial charge in [0.2, 0.25) is 17.6 Å². The molecule has 0 unspecified atom stereocenters. The Balaban J connectivity index is 1.88. The van der Waals surface area contributed by atoms with Crippen LogP contribution in [0.1, 0.15) is 26.3 Å². The van der Waals surface area contributed by atoms with Crippen LogP contribution in [0.25, 0.3) is 11.4 Å². The topological polar surface area (TPSA) is 102 Å². The Labute approximate surface area is 140 Å². The summed E-state index contributed by atoms with van der Waals surface area (Å²) in [5.74, 6) is -0.121. The van der Waals surface area contributed by atoms with Crippen molar-refractivity contribution in [2.24, 2.45) is 0 Å². The maximum absolute atomic E-state index is 11.8. The van der Waals surface area contributed by atoms with Gasteiger partial charge in [-0.3, -0.25) is 9.59 Å². The zero-order valence-corrected chi connectivity index (χ0v) is 14.1. The third-order valence-electron chi connectivity index (χ3n) is 3.25. The fourth-order valence-corrected chi connectivity index (χ4v) is 2.05. The first-order valence-electron chi connectivity index (χ1n) is 7.91. The van der Waals surface area contributed by atoms with Crippen LogP contribution >= 0.6 is 0 Å². The number of benzene rings is 1. The van der Waals surface area contributed by atoms with Gasteiger partial charge in [0.1, 0.15) is 6.54 Å². The second-order valence-electron chi connectivity index (χ2n) is 5.69. The molecule has 1 aromatic carbocycles. The second kappa shape index (κ2) is 8.19. The second-order valence-corrected chi connectivity index (χ2v) is 5.69. The van der Waals surface area contributed by atoms with Crippen LogP contribution in [-0.2, 0) is 22.6 Å². The van der Waals surface area contributed by atoms with Crippen molar-refractivity contribution in [3.63, 3.8) is 0 Å². The van der Waals surface area contributed by atoms with Crippen LogP contribution in [0.15, 0.2) is 24.3 Å². The number of aryl methyl sites for hydroxylation is 1. The lowest BCUT2D eigenvalue weighted by atomic mass is 10.1. The smallest absolute Gasteiger partial charge is 0.244 e. The Morgan fingerprint density at radius 1 is 1.17 bits per heavy atom. The van der Waals surface area contributed by atoms with E-state index in [0.717, 1.165) is 12.0 Å². The quantitative estimate of drug-likeness (QED) is 0.771. The molecule has 0 radical (unpaired) electrons. The number of nitrogens with zero attached hydrogens (tertiary/aromatic N) is 4. The third kappa shape index (κ3) is 5.15. The Hall–Kier alpha value is -2.77. The average molecular weight is 330 g/mol. The summed E-state index contributed by atoms with van der Waals surface area (Å²) in [5.41, 5.74) is 2.07. The van der Waals surface area contributed by atoms with Crippen molar-refractivity contribution in [1.29, 1.82) is 0 Å². The molecule has 8 heteroatoms. The first kappa shape index (κ1) is 17.6. The van der Waals surface area contributed by atoms with Crippen molar-refractivity contribution in [1.82, 2.24) is 30.8 Å². The highest BCUT2D eigenvalue weighted by Gasteiger charge is 2.11. The summed E-state index contributed by atoms with van der Waals surface area (Å²) in [4.78, 5) is 24.5. The van der Waals surface area contributed by atoms with Crippen LogP contribution in [0.2, 0.25) is 0 Å². The number of nitrogens with one attached hydrogen (secondary N) is 2. The van der Waals surface area contributed by atoms with Crippen molar-refractivity contribution in [3.05, 3.63) is 29.8 Å². The van der Waals surface area contributed by atoms with Crippen LogP contribution in [0.4, 0.5) is 0 Å². The number of carbonyl (C=O) groups is 2. The number of aromatic nitrogens is 4. The highest BCUT2D eigenvalue weighted by atomic mass is 16.2. The lowest BCUT2D eigenvalue weighted by Crippen LogP contribution is -2.40. The van der Waals surface area contributed by atoms with Gasteiger partial charge in [-0.1, -0.05) is 31.2 Å². The Morgan fingerprint density at radius 3 is 2.50 bits per heavy atom. The van der Waals surface area contributed by atoms with E-state index in [4.69, 9.17) is 0 Å². The summed E-state index contributed by atoms with van der Waals surface area (Å²) in [6.45, 7) is 5.64. The van der Waals surface area contributed by atoms with Crippen LogP contribution in [0, 0.1) is 0 Å². The van der Waals surface area contributed by atoms with E-state index in [1.165, 1.54) is 10.4 Å². The molecule has 0 aliphatic heterocycles. The molecular formula is C16H22N6O2. The van der Waals surface area contributed by atoms with E-state index < -0.39 is 0 Å². The van der Waals surface area contributed by atoms with Crippen LogP contribution in [0.3, 0.4) is 0 Å². The van der Waals surface area contributed by atoms with Crippen molar-refractivity contribution in [2.45, 2.75) is 39.8 Å². The molecule has 2 N–H and O–H groups in total. The Morgan fingerprint density at radius 2 is 1.88 bits per heavy atom. The number of carbonyl (C=O) groups excluding carboxylic acids is 2. The van der Waals surface area contributed by atoms with Gasteiger partial charge < -0.3 is 10.6 Å². The summed E-state index contributed by atoms with van der Waals surface area (Å²) < 4.78 is 0. The van der Waals surface area contributed by atoms with Crippen molar-refractivity contribution >= 4 is 11.8 Å². The number of rotatable bonds is 7. The third-order valence-corrected chi connectivity index (χ3v) is 3.25. The molecule has 0 spiro atoms. The summed E-state index contributed by atoms with van der Waals surface area (Å²) in [6, 6.07) is 7.91. The highest BCUT2D eigenvalue weighted by molar-refractivity contribution is 5.84. The molecule has 2 rings (SSSR count). The fraction of sp³-hybridized carbons (Fsp3) is 0.438. The maximum atomic E-state index is 11.8. The van der Waals surface area contributed by atoms with Gasteiger partial charge >= 0.3 is 0 Å². The van der Waals surface area contributed by atoms with E-state index in [0.29, 0.717) is 5.82 Å². The molecule has 24 heavy (non-hydrogen) atoms. The molecule has 0 saturated carbocycles. The number of tetrazole rings is 1. The highest BCUT2D eigenvalue weighted by Crippen LogP contribution is 2.14. The molecule has 0 saturated heterocycles. The molecule has 1 aromatic heterocycles. The molecule has 8 nitrogen and oxygen atoms in total. The molecule has 0 fully saturated rings. The van der Waals surface area contributed by atoms with E-state index >= 15 is 0 Å². The standard InChI is InChI=1S/C16H22N6O2/c1-4-12-5-7-13(8-6-12)16-19-21-22(20-16)10-15(24)17-9-14(23)18-11(2)3/h5-8,11H,4,9-10H2,1-3H3,(H,17,24)(H,18,23). The van der Waals surface area contributed by atoms with E-state index in [1.807, 2.05) is 38.1 Å². The number of hydrogen-bond donors (Lipinski definition) is 2. The largest absolute Gasteiger partial charge is 0.352 e. The van der Waals surface area contributed by atoms with E-state index in [-0.39, 0.29) is 30.9 Å².